The number of rotatable bonds is 7. The molecule has 0 spiro atoms. The normalized spacial score (nSPS) is 18.9. The van der Waals surface area contributed by atoms with Crippen molar-refractivity contribution in [2.24, 2.45) is 11.5 Å². The van der Waals surface area contributed by atoms with E-state index in [0.29, 0.717) is 37.2 Å². The van der Waals surface area contributed by atoms with E-state index in [-0.39, 0.29) is 17.6 Å². The average Bonchev–Trinajstić information content (AvgIpc) is 2.84. The van der Waals surface area contributed by atoms with Gasteiger partial charge in [-0.15, -0.1) is 0 Å². The number of nitrogens with zero attached hydrogens (tertiary/aromatic N) is 4. The van der Waals surface area contributed by atoms with Crippen LogP contribution in [-0.4, -0.2) is 59.4 Å². The van der Waals surface area contributed by atoms with Crippen molar-refractivity contribution < 1.29 is 19.1 Å². The molecule has 0 aromatic carbocycles. The minimum atomic E-state index is -0.803. The SMILES string of the molecule is CC(C)c1cc(Nc2nc(N3CCC[C@H](OC(N)=O)C3)ncc2C(N)=O)cc(C2CCOCC2)n1. The molecule has 2 saturated heterocycles. The van der Waals surface area contributed by atoms with E-state index >= 15 is 0 Å². The van der Waals surface area contributed by atoms with E-state index in [1.165, 1.54) is 6.20 Å². The summed E-state index contributed by atoms with van der Waals surface area (Å²) in [6.07, 6.45) is 3.63. The molecule has 2 aliphatic heterocycles. The summed E-state index contributed by atoms with van der Waals surface area (Å²) in [5.74, 6) is 0.644. The number of aromatic nitrogens is 3. The van der Waals surface area contributed by atoms with E-state index in [1.54, 1.807) is 0 Å². The molecule has 0 unspecified atom stereocenters. The summed E-state index contributed by atoms with van der Waals surface area (Å²) in [5, 5.41) is 3.30. The number of nitrogens with two attached hydrogens (primary N) is 2. The van der Waals surface area contributed by atoms with Crippen LogP contribution in [0.2, 0.25) is 0 Å². The van der Waals surface area contributed by atoms with E-state index in [0.717, 1.165) is 49.6 Å². The molecule has 188 valence electrons. The minimum Gasteiger partial charge on any atom is -0.445 e. The lowest BCUT2D eigenvalue weighted by molar-refractivity contribution is 0.0844. The van der Waals surface area contributed by atoms with Crippen molar-refractivity contribution in [1.29, 1.82) is 0 Å². The van der Waals surface area contributed by atoms with Crippen LogP contribution >= 0.6 is 0 Å². The molecule has 0 aliphatic carbocycles. The zero-order valence-electron chi connectivity index (χ0n) is 20.2. The number of carbonyl (C=O) groups is 2. The van der Waals surface area contributed by atoms with E-state index < -0.39 is 12.0 Å². The predicted molar refractivity (Wildman–Crippen MR) is 131 cm³/mol. The summed E-state index contributed by atoms with van der Waals surface area (Å²) in [4.78, 5) is 39.1. The lowest BCUT2D eigenvalue weighted by Crippen LogP contribution is -2.42. The van der Waals surface area contributed by atoms with Crippen molar-refractivity contribution in [3.63, 3.8) is 0 Å². The van der Waals surface area contributed by atoms with Crippen LogP contribution in [0.4, 0.5) is 22.2 Å². The number of anilines is 3. The Labute approximate surface area is 204 Å². The van der Waals surface area contributed by atoms with Gasteiger partial charge in [0.2, 0.25) is 5.95 Å². The van der Waals surface area contributed by atoms with E-state index in [4.69, 9.17) is 25.9 Å². The quantitative estimate of drug-likeness (QED) is 0.538. The second kappa shape index (κ2) is 10.9. The van der Waals surface area contributed by atoms with Crippen LogP contribution < -0.4 is 21.7 Å². The maximum Gasteiger partial charge on any atom is 0.404 e. The van der Waals surface area contributed by atoms with Gasteiger partial charge in [0.1, 0.15) is 17.5 Å². The van der Waals surface area contributed by atoms with Gasteiger partial charge in [-0.05, 0) is 43.7 Å². The van der Waals surface area contributed by atoms with E-state index in [1.807, 2.05) is 17.0 Å². The summed E-state index contributed by atoms with van der Waals surface area (Å²) in [5.41, 5.74) is 13.7. The maximum atomic E-state index is 12.2. The van der Waals surface area contributed by atoms with Gasteiger partial charge >= 0.3 is 6.09 Å². The average molecular weight is 484 g/mol. The molecule has 0 saturated carbocycles. The summed E-state index contributed by atoms with van der Waals surface area (Å²) >= 11 is 0. The highest BCUT2D eigenvalue weighted by atomic mass is 16.6. The van der Waals surface area contributed by atoms with Crippen LogP contribution in [0, 0.1) is 0 Å². The van der Waals surface area contributed by atoms with Crippen LogP contribution in [0.3, 0.4) is 0 Å². The number of piperidine rings is 1. The first-order valence-corrected chi connectivity index (χ1v) is 12.0. The van der Waals surface area contributed by atoms with Gasteiger partial charge in [0.25, 0.3) is 5.91 Å². The fourth-order valence-corrected chi connectivity index (χ4v) is 4.46. The molecular formula is C24H33N7O4. The highest BCUT2D eigenvalue weighted by Crippen LogP contribution is 2.31. The molecule has 2 aromatic rings. The molecule has 4 rings (SSSR count). The van der Waals surface area contributed by atoms with Crippen LogP contribution in [0.1, 0.15) is 73.1 Å². The number of primary amides is 2. The molecule has 0 radical (unpaired) electrons. The number of hydrogen-bond acceptors (Lipinski definition) is 9. The number of nitrogens with one attached hydrogen (secondary N) is 1. The molecule has 2 aromatic heterocycles. The first kappa shape index (κ1) is 24.6. The van der Waals surface area contributed by atoms with Gasteiger partial charge in [-0.25, -0.2) is 9.78 Å². The Bertz CT molecular complexity index is 1070. The van der Waals surface area contributed by atoms with Crippen LogP contribution in [-0.2, 0) is 9.47 Å². The molecule has 4 heterocycles. The van der Waals surface area contributed by atoms with Gasteiger partial charge in [0.05, 0.1) is 6.54 Å². The second-order valence-corrected chi connectivity index (χ2v) is 9.32. The van der Waals surface area contributed by atoms with Crippen LogP contribution in [0.15, 0.2) is 18.3 Å². The Morgan fingerprint density at radius 1 is 1.17 bits per heavy atom. The number of ether oxygens (including phenoxy) is 2. The van der Waals surface area contributed by atoms with Crippen molar-refractivity contribution >= 4 is 29.5 Å². The molecule has 35 heavy (non-hydrogen) atoms. The lowest BCUT2D eigenvalue weighted by atomic mass is 9.94. The van der Waals surface area contributed by atoms with Gasteiger partial charge in [-0.3, -0.25) is 9.78 Å². The van der Waals surface area contributed by atoms with Crippen LogP contribution in [0.5, 0.6) is 0 Å². The fraction of sp³-hybridized carbons (Fsp3) is 0.542. The molecule has 11 nitrogen and oxygen atoms in total. The van der Waals surface area contributed by atoms with Gasteiger partial charge < -0.3 is 31.2 Å². The molecule has 2 fully saturated rings. The number of hydrogen-bond donors (Lipinski definition) is 3. The number of pyridine rings is 1. The van der Waals surface area contributed by atoms with Crippen molar-refractivity contribution in [3.05, 3.63) is 35.3 Å². The largest absolute Gasteiger partial charge is 0.445 e. The summed E-state index contributed by atoms with van der Waals surface area (Å²) in [6, 6.07) is 3.98. The highest BCUT2D eigenvalue weighted by Gasteiger charge is 2.26. The standard InChI is InChI=1S/C24H33N7O4/c1-14(2)19-10-16(11-20(29-19)15-5-8-34-9-6-15)28-22-18(21(25)32)12-27-24(30-22)31-7-3-4-17(13-31)35-23(26)33/h10-12,14-15,17H,3-9,13H2,1-2H3,(H2,25,32)(H2,26,33)(H,27,28,29,30)/t17-/m0/s1. The zero-order valence-corrected chi connectivity index (χ0v) is 20.2. The molecule has 2 amide bonds. The lowest BCUT2D eigenvalue weighted by Gasteiger charge is -2.32. The monoisotopic (exact) mass is 483 g/mol. The molecule has 0 bridgehead atoms. The van der Waals surface area contributed by atoms with Crippen LogP contribution in [0.25, 0.3) is 0 Å². The third-order valence-electron chi connectivity index (χ3n) is 6.34. The van der Waals surface area contributed by atoms with Crippen molar-refractivity contribution in [1.82, 2.24) is 15.0 Å². The Hall–Kier alpha value is -3.47. The van der Waals surface area contributed by atoms with Gasteiger partial charge in [-0.1, -0.05) is 13.8 Å². The summed E-state index contributed by atoms with van der Waals surface area (Å²) in [6.45, 7) is 6.74. The molecule has 1 atom stereocenters. The first-order valence-electron chi connectivity index (χ1n) is 12.0. The topological polar surface area (TPSA) is 159 Å². The predicted octanol–water partition coefficient (Wildman–Crippen LogP) is 2.80. The Kier molecular flexibility index (Phi) is 7.64. The third-order valence-corrected chi connectivity index (χ3v) is 6.34. The maximum absolute atomic E-state index is 12.2. The van der Waals surface area contributed by atoms with Gasteiger partial charge in [0.15, 0.2) is 0 Å². The minimum absolute atomic E-state index is 0.186. The summed E-state index contributed by atoms with van der Waals surface area (Å²) in [7, 11) is 0. The van der Waals surface area contributed by atoms with Crippen molar-refractivity contribution in [2.75, 3.05) is 36.5 Å². The smallest absolute Gasteiger partial charge is 0.404 e. The Morgan fingerprint density at radius 3 is 2.63 bits per heavy atom. The number of amides is 2. The molecule has 2 aliphatic rings. The third kappa shape index (κ3) is 6.16. The molecule has 11 heteroatoms. The Balaban J connectivity index is 1.64. The van der Waals surface area contributed by atoms with Gasteiger partial charge in [0, 0.05) is 48.9 Å². The fourth-order valence-electron chi connectivity index (χ4n) is 4.46. The van der Waals surface area contributed by atoms with Crippen molar-refractivity contribution in [3.8, 4) is 0 Å². The van der Waals surface area contributed by atoms with Gasteiger partial charge in [-0.2, -0.15) is 4.98 Å². The molecule has 5 N–H and O–H groups in total. The molecular weight excluding hydrogens is 450 g/mol. The zero-order chi connectivity index (χ0) is 24.9. The Morgan fingerprint density at radius 2 is 1.94 bits per heavy atom. The van der Waals surface area contributed by atoms with E-state index in [2.05, 4.69) is 29.1 Å². The second-order valence-electron chi connectivity index (χ2n) is 9.32. The summed E-state index contributed by atoms with van der Waals surface area (Å²) < 4.78 is 10.7. The van der Waals surface area contributed by atoms with E-state index in [9.17, 15) is 9.59 Å². The number of carbonyl (C=O) groups excluding carboxylic acids is 2. The first-order chi connectivity index (χ1) is 16.8. The highest BCUT2D eigenvalue weighted by molar-refractivity contribution is 5.98. The van der Waals surface area contributed by atoms with Crippen molar-refractivity contribution in [2.45, 2.75) is 57.5 Å².